The zero-order valence-corrected chi connectivity index (χ0v) is 17.9. The number of ether oxygens (including phenoxy) is 1. The molecular weight excluding hydrogens is 388 g/mol. The molecule has 5 heteroatoms. The molecule has 0 heterocycles. The Labute approximate surface area is 183 Å². The molecular formula is C26H28N2O3. The zero-order chi connectivity index (χ0) is 22.1. The third-order valence-corrected chi connectivity index (χ3v) is 4.91. The molecule has 0 aliphatic carbocycles. The number of rotatable bonds is 9. The molecule has 2 N–H and O–H groups in total. The molecule has 5 nitrogen and oxygen atoms in total. The number of benzene rings is 3. The molecule has 31 heavy (non-hydrogen) atoms. The molecule has 1 unspecified atom stereocenters. The fourth-order valence-corrected chi connectivity index (χ4v) is 3.11. The van der Waals surface area contributed by atoms with E-state index in [1.165, 1.54) is 0 Å². The number of hydrogen-bond acceptors (Lipinski definition) is 3. The van der Waals surface area contributed by atoms with E-state index in [0.717, 1.165) is 22.4 Å². The Morgan fingerprint density at radius 1 is 0.903 bits per heavy atom. The fraction of sp³-hybridized carbons (Fsp3) is 0.231. The molecule has 3 aromatic rings. The summed E-state index contributed by atoms with van der Waals surface area (Å²) in [6, 6.07) is 24.6. The maximum absolute atomic E-state index is 12.3. The average Bonchev–Trinajstić information content (AvgIpc) is 2.79. The summed E-state index contributed by atoms with van der Waals surface area (Å²) in [7, 11) is 0. The van der Waals surface area contributed by atoms with Crippen LogP contribution in [0.4, 0.5) is 0 Å². The minimum absolute atomic E-state index is 0.205. The van der Waals surface area contributed by atoms with E-state index in [4.69, 9.17) is 4.74 Å². The van der Waals surface area contributed by atoms with Gasteiger partial charge in [0.1, 0.15) is 18.4 Å². The summed E-state index contributed by atoms with van der Waals surface area (Å²) in [6.07, 6.45) is 0.698. The van der Waals surface area contributed by atoms with Crippen molar-refractivity contribution in [1.29, 1.82) is 0 Å². The van der Waals surface area contributed by atoms with E-state index in [-0.39, 0.29) is 11.8 Å². The van der Waals surface area contributed by atoms with E-state index >= 15 is 0 Å². The number of amides is 2. The Kier molecular flexibility index (Phi) is 7.82. The van der Waals surface area contributed by atoms with Gasteiger partial charge in [0.25, 0.3) is 5.91 Å². The van der Waals surface area contributed by atoms with Gasteiger partial charge in [-0.15, -0.1) is 0 Å². The number of nitrogens with one attached hydrogen (secondary N) is 2. The van der Waals surface area contributed by atoms with Crippen molar-refractivity contribution in [2.75, 3.05) is 6.54 Å². The highest BCUT2D eigenvalue weighted by molar-refractivity contribution is 5.97. The van der Waals surface area contributed by atoms with Gasteiger partial charge in [-0.05, 0) is 55.7 Å². The lowest BCUT2D eigenvalue weighted by Gasteiger charge is -2.14. The van der Waals surface area contributed by atoms with Gasteiger partial charge >= 0.3 is 0 Å². The van der Waals surface area contributed by atoms with E-state index in [2.05, 4.69) is 10.6 Å². The van der Waals surface area contributed by atoms with Gasteiger partial charge in [0, 0.05) is 12.1 Å². The van der Waals surface area contributed by atoms with E-state index in [0.29, 0.717) is 25.1 Å². The van der Waals surface area contributed by atoms with Gasteiger partial charge in [-0.2, -0.15) is 0 Å². The Hall–Kier alpha value is -3.60. The fourth-order valence-electron chi connectivity index (χ4n) is 3.11. The van der Waals surface area contributed by atoms with Crippen molar-refractivity contribution in [3.63, 3.8) is 0 Å². The summed E-state index contributed by atoms with van der Waals surface area (Å²) in [5.74, 6) is 0.352. The van der Waals surface area contributed by atoms with Gasteiger partial charge in [0.15, 0.2) is 0 Å². The molecule has 2 amide bonds. The van der Waals surface area contributed by atoms with Gasteiger partial charge in [0.2, 0.25) is 5.91 Å². The molecule has 0 saturated heterocycles. The van der Waals surface area contributed by atoms with Gasteiger partial charge < -0.3 is 15.4 Å². The third kappa shape index (κ3) is 7.00. The summed E-state index contributed by atoms with van der Waals surface area (Å²) in [6.45, 7) is 4.63. The minimum atomic E-state index is -0.609. The maximum atomic E-state index is 12.3. The van der Waals surface area contributed by atoms with Crippen molar-refractivity contribution in [3.05, 3.63) is 101 Å². The van der Waals surface area contributed by atoms with Crippen LogP contribution in [0.15, 0.2) is 78.9 Å². The van der Waals surface area contributed by atoms with Crippen LogP contribution in [-0.2, 0) is 17.8 Å². The standard InChI is InChI=1S/C26H28N2O3/c1-19-7-6-10-23(17-19)26(30)28-20(2)25(29)27-16-15-21-11-13-24(14-12-21)31-18-22-8-4-3-5-9-22/h3-14,17,20H,15-16,18H2,1-2H3,(H,27,29)(H,28,30). The number of carbonyl (C=O) groups is 2. The van der Waals surface area contributed by atoms with Crippen LogP contribution < -0.4 is 15.4 Å². The third-order valence-electron chi connectivity index (χ3n) is 4.91. The van der Waals surface area contributed by atoms with Crippen LogP contribution in [0.3, 0.4) is 0 Å². The van der Waals surface area contributed by atoms with Gasteiger partial charge in [-0.1, -0.05) is 60.2 Å². The summed E-state index contributed by atoms with van der Waals surface area (Å²) in [4.78, 5) is 24.6. The second-order valence-electron chi connectivity index (χ2n) is 7.52. The largest absolute Gasteiger partial charge is 0.489 e. The summed E-state index contributed by atoms with van der Waals surface area (Å²) < 4.78 is 5.79. The molecule has 0 bridgehead atoms. The maximum Gasteiger partial charge on any atom is 0.251 e. The SMILES string of the molecule is Cc1cccc(C(=O)NC(C)C(=O)NCCc2ccc(OCc3ccccc3)cc2)c1. The lowest BCUT2D eigenvalue weighted by molar-refractivity contribution is -0.122. The molecule has 0 spiro atoms. The predicted octanol–water partition coefficient (Wildman–Crippen LogP) is 4.05. The Balaban J connectivity index is 1.39. The minimum Gasteiger partial charge on any atom is -0.489 e. The summed E-state index contributed by atoms with van der Waals surface area (Å²) in [5.41, 5.74) is 3.78. The highest BCUT2D eigenvalue weighted by Crippen LogP contribution is 2.14. The van der Waals surface area contributed by atoms with Gasteiger partial charge in [-0.25, -0.2) is 0 Å². The van der Waals surface area contributed by atoms with Crippen molar-refractivity contribution < 1.29 is 14.3 Å². The van der Waals surface area contributed by atoms with Crippen molar-refractivity contribution in [2.45, 2.75) is 32.9 Å². The van der Waals surface area contributed by atoms with Crippen LogP contribution in [0, 0.1) is 6.92 Å². The zero-order valence-electron chi connectivity index (χ0n) is 17.9. The van der Waals surface area contributed by atoms with Crippen LogP contribution in [0.2, 0.25) is 0 Å². The van der Waals surface area contributed by atoms with E-state index < -0.39 is 6.04 Å². The molecule has 0 fully saturated rings. The van der Waals surface area contributed by atoms with E-state index in [1.54, 1.807) is 19.1 Å². The van der Waals surface area contributed by atoms with Crippen LogP contribution in [0.1, 0.15) is 34.0 Å². The topological polar surface area (TPSA) is 67.4 Å². The van der Waals surface area contributed by atoms with E-state index in [9.17, 15) is 9.59 Å². The monoisotopic (exact) mass is 416 g/mol. The normalized spacial score (nSPS) is 11.4. The first-order chi connectivity index (χ1) is 15.0. The van der Waals surface area contributed by atoms with E-state index in [1.807, 2.05) is 73.7 Å². The molecule has 3 aromatic carbocycles. The highest BCUT2D eigenvalue weighted by atomic mass is 16.5. The van der Waals surface area contributed by atoms with Crippen molar-refractivity contribution in [3.8, 4) is 5.75 Å². The Morgan fingerprint density at radius 3 is 2.35 bits per heavy atom. The first kappa shape index (κ1) is 22.1. The predicted molar refractivity (Wildman–Crippen MR) is 122 cm³/mol. The molecule has 0 aliphatic rings. The molecule has 160 valence electrons. The second kappa shape index (κ2) is 11.0. The molecule has 0 aliphatic heterocycles. The van der Waals surface area contributed by atoms with Crippen molar-refractivity contribution >= 4 is 11.8 Å². The Bertz CT molecular complexity index is 1000. The number of hydrogen-bond donors (Lipinski definition) is 2. The highest BCUT2D eigenvalue weighted by Gasteiger charge is 2.16. The van der Waals surface area contributed by atoms with Crippen molar-refractivity contribution in [2.24, 2.45) is 0 Å². The smallest absolute Gasteiger partial charge is 0.251 e. The number of aryl methyl sites for hydroxylation is 1. The molecule has 3 rings (SSSR count). The quantitative estimate of drug-likeness (QED) is 0.553. The Morgan fingerprint density at radius 2 is 1.65 bits per heavy atom. The van der Waals surface area contributed by atoms with Gasteiger partial charge in [-0.3, -0.25) is 9.59 Å². The lowest BCUT2D eigenvalue weighted by Crippen LogP contribution is -2.45. The average molecular weight is 417 g/mol. The summed E-state index contributed by atoms with van der Waals surface area (Å²) >= 11 is 0. The molecule has 1 atom stereocenters. The van der Waals surface area contributed by atoms with Crippen molar-refractivity contribution in [1.82, 2.24) is 10.6 Å². The lowest BCUT2D eigenvalue weighted by atomic mass is 10.1. The first-order valence-electron chi connectivity index (χ1n) is 10.4. The number of carbonyl (C=O) groups excluding carboxylic acids is 2. The molecule has 0 saturated carbocycles. The van der Waals surface area contributed by atoms with Crippen LogP contribution in [0.5, 0.6) is 5.75 Å². The molecule has 0 aromatic heterocycles. The first-order valence-corrected chi connectivity index (χ1v) is 10.4. The van der Waals surface area contributed by atoms with Crippen LogP contribution >= 0.6 is 0 Å². The second-order valence-corrected chi connectivity index (χ2v) is 7.52. The van der Waals surface area contributed by atoms with Crippen LogP contribution in [-0.4, -0.2) is 24.4 Å². The van der Waals surface area contributed by atoms with Crippen LogP contribution in [0.25, 0.3) is 0 Å². The molecule has 0 radical (unpaired) electrons. The summed E-state index contributed by atoms with van der Waals surface area (Å²) in [5, 5.41) is 5.61. The van der Waals surface area contributed by atoms with Gasteiger partial charge in [0.05, 0.1) is 0 Å².